The number of hydrazone groups is 1. The molecular formula is C28H30N4O4. The number of hydrogen-bond donors (Lipinski definition) is 3. The van der Waals surface area contributed by atoms with Crippen LogP contribution in [0, 0.1) is 34.6 Å². The van der Waals surface area contributed by atoms with Crippen molar-refractivity contribution in [2.45, 2.75) is 34.6 Å². The van der Waals surface area contributed by atoms with Gasteiger partial charge < -0.3 is 15.4 Å². The summed E-state index contributed by atoms with van der Waals surface area (Å²) in [7, 11) is 0. The summed E-state index contributed by atoms with van der Waals surface area (Å²) in [5.41, 5.74) is 9.05. The zero-order valence-corrected chi connectivity index (χ0v) is 21.1. The van der Waals surface area contributed by atoms with Crippen LogP contribution in [0.3, 0.4) is 0 Å². The number of nitrogens with one attached hydrogen (secondary N) is 3. The number of ether oxygens (including phenoxy) is 1. The summed E-state index contributed by atoms with van der Waals surface area (Å²) in [5, 5.41) is 9.35. The van der Waals surface area contributed by atoms with Gasteiger partial charge in [-0.1, -0.05) is 48.0 Å². The van der Waals surface area contributed by atoms with Gasteiger partial charge in [0.05, 0.1) is 6.21 Å². The number of benzene rings is 3. The van der Waals surface area contributed by atoms with Crippen molar-refractivity contribution >= 4 is 35.3 Å². The third-order valence-electron chi connectivity index (χ3n) is 5.48. The molecule has 0 bridgehead atoms. The van der Waals surface area contributed by atoms with Crippen molar-refractivity contribution in [1.82, 2.24) is 5.43 Å². The van der Waals surface area contributed by atoms with Gasteiger partial charge in [0.1, 0.15) is 5.75 Å². The first-order valence-corrected chi connectivity index (χ1v) is 11.4. The Labute approximate surface area is 210 Å². The standard InChI is InChI=1S/C28H30N4O4/c1-17-12-20(4)26(21(5)13-17)30-24(33)16-36-23-11-7-10-22(14-23)15-29-32-28(35)27(34)31-25-18(2)8-6-9-19(25)3/h6-15H,16H2,1-5H3,(H,30,33)(H,31,34)(H,32,35)/b29-15-. The molecule has 0 aliphatic heterocycles. The minimum absolute atomic E-state index is 0.164. The van der Waals surface area contributed by atoms with Gasteiger partial charge in [0.2, 0.25) is 0 Å². The van der Waals surface area contributed by atoms with Crippen LogP contribution in [0.25, 0.3) is 0 Å². The van der Waals surface area contributed by atoms with Crippen LogP contribution < -0.4 is 20.8 Å². The number of hydrogen-bond acceptors (Lipinski definition) is 5. The predicted octanol–water partition coefficient (Wildman–Crippen LogP) is 4.34. The Morgan fingerprint density at radius 1 is 0.778 bits per heavy atom. The van der Waals surface area contributed by atoms with Gasteiger partial charge in [-0.15, -0.1) is 0 Å². The summed E-state index contributed by atoms with van der Waals surface area (Å²) < 4.78 is 5.61. The molecular weight excluding hydrogens is 456 g/mol. The van der Waals surface area contributed by atoms with E-state index >= 15 is 0 Å². The second-order valence-corrected chi connectivity index (χ2v) is 8.60. The Kier molecular flexibility index (Phi) is 8.57. The molecule has 0 saturated carbocycles. The van der Waals surface area contributed by atoms with Gasteiger partial charge >= 0.3 is 11.8 Å². The van der Waals surface area contributed by atoms with Gasteiger partial charge in [-0.3, -0.25) is 14.4 Å². The van der Waals surface area contributed by atoms with Crippen LogP contribution in [-0.2, 0) is 14.4 Å². The Morgan fingerprint density at radius 3 is 2.06 bits per heavy atom. The first-order valence-electron chi connectivity index (χ1n) is 11.4. The first-order chi connectivity index (χ1) is 17.1. The zero-order chi connectivity index (χ0) is 26.2. The molecule has 8 nitrogen and oxygen atoms in total. The van der Waals surface area contributed by atoms with Crippen LogP contribution in [-0.4, -0.2) is 30.5 Å². The number of anilines is 2. The molecule has 0 aliphatic carbocycles. The number of rotatable bonds is 7. The number of nitrogens with zero attached hydrogens (tertiary/aromatic N) is 1. The van der Waals surface area contributed by atoms with Crippen molar-refractivity contribution in [3.05, 3.63) is 88.0 Å². The van der Waals surface area contributed by atoms with E-state index in [1.807, 2.05) is 65.0 Å². The molecule has 0 atom stereocenters. The highest BCUT2D eigenvalue weighted by Gasteiger charge is 2.15. The van der Waals surface area contributed by atoms with Gasteiger partial charge in [0.25, 0.3) is 5.91 Å². The molecule has 0 aliphatic rings. The number of para-hydroxylation sites is 1. The predicted molar refractivity (Wildman–Crippen MR) is 142 cm³/mol. The second kappa shape index (κ2) is 11.8. The lowest BCUT2D eigenvalue weighted by Crippen LogP contribution is -2.32. The van der Waals surface area contributed by atoms with E-state index in [1.54, 1.807) is 24.3 Å². The number of aryl methyl sites for hydroxylation is 5. The van der Waals surface area contributed by atoms with E-state index in [0.717, 1.165) is 33.5 Å². The van der Waals surface area contributed by atoms with Gasteiger partial charge in [0, 0.05) is 11.4 Å². The fourth-order valence-corrected chi connectivity index (χ4v) is 3.78. The summed E-state index contributed by atoms with van der Waals surface area (Å²) in [5.74, 6) is -1.51. The lowest BCUT2D eigenvalue weighted by molar-refractivity contribution is -0.136. The van der Waals surface area contributed by atoms with Crippen molar-refractivity contribution in [1.29, 1.82) is 0 Å². The van der Waals surface area contributed by atoms with Crippen LogP contribution in [0.1, 0.15) is 33.4 Å². The van der Waals surface area contributed by atoms with E-state index in [2.05, 4.69) is 21.2 Å². The first kappa shape index (κ1) is 26.2. The summed E-state index contributed by atoms with van der Waals surface area (Å²) in [6.45, 7) is 9.45. The zero-order valence-electron chi connectivity index (χ0n) is 21.1. The highest BCUT2D eigenvalue weighted by molar-refractivity contribution is 6.39. The fourth-order valence-electron chi connectivity index (χ4n) is 3.78. The van der Waals surface area contributed by atoms with Crippen LogP contribution >= 0.6 is 0 Å². The molecule has 3 N–H and O–H groups in total. The topological polar surface area (TPSA) is 109 Å². The lowest BCUT2D eigenvalue weighted by atomic mass is 10.1. The molecule has 3 aromatic carbocycles. The molecule has 0 spiro atoms. The van der Waals surface area contributed by atoms with E-state index in [0.29, 0.717) is 17.0 Å². The molecule has 3 aromatic rings. The summed E-state index contributed by atoms with van der Waals surface area (Å²) in [6.07, 6.45) is 1.39. The summed E-state index contributed by atoms with van der Waals surface area (Å²) in [4.78, 5) is 36.7. The number of carbonyl (C=O) groups excluding carboxylic acids is 3. The minimum Gasteiger partial charge on any atom is -0.484 e. The maximum atomic E-state index is 12.4. The number of amides is 3. The molecule has 0 heterocycles. The third-order valence-corrected chi connectivity index (χ3v) is 5.48. The maximum Gasteiger partial charge on any atom is 0.329 e. The molecule has 3 amide bonds. The maximum absolute atomic E-state index is 12.4. The van der Waals surface area contributed by atoms with E-state index in [9.17, 15) is 14.4 Å². The van der Waals surface area contributed by atoms with Crippen LogP contribution in [0.5, 0.6) is 5.75 Å². The summed E-state index contributed by atoms with van der Waals surface area (Å²) >= 11 is 0. The molecule has 0 aromatic heterocycles. The molecule has 0 radical (unpaired) electrons. The molecule has 0 unspecified atom stereocenters. The minimum atomic E-state index is -0.889. The van der Waals surface area contributed by atoms with Gasteiger partial charge in [-0.2, -0.15) is 5.10 Å². The van der Waals surface area contributed by atoms with Crippen LogP contribution in [0.2, 0.25) is 0 Å². The molecule has 3 rings (SSSR count). The van der Waals surface area contributed by atoms with Crippen LogP contribution in [0.15, 0.2) is 59.7 Å². The normalized spacial score (nSPS) is 10.7. The van der Waals surface area contributed by atoms with Gasteiger partial charge in [0.15, 0.2) is 6.61 Å². The van der Waals surface area contributed by atoms with Gasteiger partial charge in [-0.25, -0.2) is 5.43 Å². The molecule has 36 heavy (non-hydrogen) atoms. The van der Waals surface area contributed by atoms with Crippen molar-refractivity contribution in [2.24, 2.45) is 5.10 Å². The van der Waals surface area contributed by atoms with E-state index in [4.69, 9.17) is 4.74 Å². The van der Waals surface area contributed by atoms with Crippen molar-refractivity contribution in [2.75, 3.05) is 17.2 Å². The molecule has 8 heteroatoms. The highest BCUT2D eigenvalue weighted by Crippen LogP contribution is 2.22. The van der Waals surface area contributed by atoms with Gasteiger partial charge in [-0.05, 0) is 74.6 Å². The average molecular weight is 487 g/mol. The van der Waals surface area contributed by atoms with Crippen molar-refractivity contribution < 1.29 is 19.1 Å². The Bertz CT molecular complexity index is 1290. The Hall–Kier alpha value is -4.46. The quantitative estimate of drug-likeness (QED) is 0.262. The van der Waals surface area contributed by atoms with E-state index in [-0.39, 0.29) is 12.5 Å². The molecule has 186 valence electrons. The van der Waals surface area contributed by atoms with Crippen molar-refractivity contribution in [3.8, 4) is 5.75 Å². The monoisotopic (exact) mass is 486 g/mol. The van der Waals surface area contributed by atoms with E-state index < -0.39 is 11.8 Å². The Balaban J connectivity index is 1.53. The third kappa shape index (κ3) is 7.02. The molecule has 0 fully saturated rings. The molecule has 0 saturated heterocycles. The SMILES string of the molecule is Cc1cc(C)c(NC(=O)COc2cccc(/C=N\NC(=O)C(=O)Nc3c(C)cccc3C)c2)c(C)c1. The average Bonchev–Trinajstić information content (AvgIpc) is 2.82. The summed E-state index contributed by atoms with van der Waals surface area (Å²) in [6, 6.07) is 16.5. The van der Waals surface area contributed by atoms with E-state index in [1.165, 1.54) is 6.21 Å². The highest BCUT2D eigenvalue weighted by atomic mass is 16.5. The smallest absolute Gasteiger partial charge is 0.329 e. The number of carbonyl (C=O) groups is 3. The fraction of sp³-hybridized carbons (Fsp3) is 0.214. The Morgan fingerprint density at radius 2 is 1.39 bits per heavy atom. The lowest BCUT2D eigenvalue weighted by Gasteiger charge is -2.13. The largest absolute Gasteiger partial charge is 0.484 e. The second-order valence-electron chi connectivity index (χ2n) is 8.60. The van der Waals surface area contributed by atoms with Crippen molar-refractivity contribution in [3.63, 3.8) is 0 Å². The van der Waals surface area contributed by atoms with Crippen LogP contribution in [0.4, 0.5) is 11.4 Å².